The molecule has 13 aromatic rings. The van der Waals surface area contributed by atoms with Crippen LogP contribution < -0.4 is 0 Å². The van der Waals surface area contributed by atoms with Gasteiger partial charge in [0, 0.05) is 74.5 Å². The van der Waals surface area contributed by atoms with Gasteiger partial charge in [0.2, 0.25) is 0 Å². The van der Waals surface area contributed by atoms with Gasteiger partial charge >= 0.3 is 0 Å². The third-order valence-electron chi connectivity index (χ3n) is 11.9. The van der Waals surface area contributed by atoms with E-state index < -0.39 is 0 Å². The molecule has 13 rings (SSSR count). The Balaban J connectivity index is 1.03. The Morgan fingerprint density at radius 1 is 0.349 bits per heavy atom. The second kappa shape index (κ2) is 14.3. The molecule has 0 aliphatic rings. The van der Waals surface area contributed by atoms with E-state index in [-0.39, 0.29) is 0 Å². The fourth-order valence-corrected chi connectivity index (χ4v) is 11.4. The van der Waals surface area contributed by atoms with Crippen molar-refractivity contribution in [1.82, 2.24) is 29.5 Å². The van der Waals surface area contributed by atoms with Crippen LogP contribution in [0.15, 0.2) is 194 Å². The Labute approximate surface area is 369 Å². The van der Waals surface area contributed by atoms with Crippen LogP contribution in [0.3, 0.4) is 0 Å². The van der Waals surface area contributed by atoms with Crippen LogP contribution in [-0.2, 0) is 0 Å². The van der Waals surface area contributed by atoms with Crippen molar-refractivity contribution in [3.05, 3.63) is 194 Å². The summed E-state index contributed by atoms with van der Waals surface area (Å²) in [6.07, 6.45) is 0. The number of thiophene rings is 2. The minimum Gasteiger partial charge on any atom is -0.309 e. The zero-order valence-electron chi connectivity index (χ0n) is 33.5. The molecule has 0 bridgehead atoms. The average Bonchev–Trinajstić information content (AvgIpc) is 4.04. The van der Waals surface area contributed by atoms with Crippen molar-refractivity contribution in [3.63, 3.8) is 0 Å². The number of hydrogen-bond donors (Lipinski definition) is 0. The number of para-hydroxylation sites is 2. The average molecular weight is 841 g/mol. The molecular formula is C55H32N6S2. The first-order chi connectivity index (χ1) is 31.2. The first-order valence-corrected chi connectivity index (χ1v) is 22.5. The lowest BCUT2D eigenvalue weighted by Gasteiger charge is -2.11. The lowest BCUT2D eigenvalue weighted by Crippen LogP contribution is -2.00. The molecule has 0 saturated carbocycles. The summed E-state index contributed by atoms with van der Waals surface area (Å²) in [5.41, 5.74) is 10.1. The highest BCUT2D eigenvalue weighted by molar-refractivity contribution is 7.27. The van der Waals surface area contributed by atoms with Gasteiger partial charge in [-0.1, -0.05) is 158 Å². The molecule has 5 aromatic heterocycles. The van der Waals surface area contributed by atoms with Crippen LogP contribution >= 0.6 is 22.7 Å². The highest BCUT2D eigenvalue weighted by atomic mass is 32.1. The van der Waals surface area contributed by atoms with Gasteiger partial charge in [-0.15, -0.1) is 22.7 Å². The summed E-state index contributed by atoms with van der Waals surface area (Å²) >= 11 is 3.54. The highest BCUT2D eigenvalue weighted by Crippen LogP contribution is 2.47. The van der Waals surface area contributed by atoms with E-state index in [1.807, 2.05) is 36.4 Å². The van der Waals surface area contributed by atoms with E-state index in [4.69, 9.17) is 24.9 Å². The summed E-state index contributed by atoms with van der Waals surface area (Å²) in [5.74, 6) is 2.58. The maximum Gasteiger partial charge on any atom is 0.164 e. The lowest BCUT2D eigenvalue weighted by molar-refractivity contribution is 1.08. The van der Waals surface area contributed by atoms with Gasteiger partial charge < -0.3 is 4.57 Å². The Morgan fingerprint density at radius 3 is 1.71 bits per heavy atom. The van der Waals surface area contributed by atoms with Gasteiger partial charge in [0.15, 0.2) is 23.3 Å². The molecule has 0 aliphatic heterocycles. The second-order valence-electron chi connectivity index (χ2n) is 15.6. The van der Waals surface area contributed by atoms with Crippen molar-refractivity contribution >= 4 is 85.0 Å². The zero-order valence-corrected chi connectivity index (χ0v) is 35.1. The van der Waals surface area contributed by atoms with E-state index in [2.05, 4.69) is 162 Å². The van der Waals surface area contributed by atoms with Gasteiger partial charge in [-0.25, -0.2) is 24.9 Å². The Kier molecular flexibility index (Phi) is 8.15. The quantitative estimate of drug-likeness (QED) is 0.167. The number of aromatic nitrogens is 6. The molecular weight excluding hydrogens is 809 g/mol. The van der Waals surface area contributed by atoms with Gasteiger partial charge in [-0.2, -0.15) is 0 Å². The third-order valence-corrected chi connectivity index (χ3v) is 14.3. The van der Waals surface area contributed by atoms with Gasteiger partial charge in [0.05, 0.1) is 26.9 Å². The van der Waals surface area contributed by atoms with Gasteiger partial charge in [0.25, 0.3) is 0 Å². The van der Waals surface area contributed by atoms with Gasteiger partial charge in [-0.3, -0.25) is 0 Å². The molecule has 0 N–H and O–H groups in total. The van der Waals surface area contributed by atoms with Gasteiger partial charge in [-0.05, 0) is 36.4 Å². The molecule has 6 nitrogen and oxygen atoms in total. The molecule has 63 heavy (non-hydrogen) atoms. The van der Waals surface area contributed by atoms with E-state index in [9.17, 15) is 0 Å². The molecule has 0 spiro atoms. The maximum absolute atomic E-state index is 5.36. The van der Waals surface area contributed by atoms with Crippen LogP contribution in [0.1, 0.15) is 0 Å². The number of nitrogens with zero attached hydrogens (tertiary/aromatic N) is 6. The highest BCUT2D eigenvalue weighted by Gasteiger charge is 2.23. The lowest BCUT2D eigenvalue weighted by atomic mass is 10.0. The van der Waals surface area contributed by atoms with Crippen molar-refractivity contribution in [2.24, 2.45) is 0 Å². The monoisotopic (exact) mass is 840 g/mol. The first-order valence-electron chi connectivity index (χ1n) is 20.8. The van der Waals surface area contributed by atoms with E-state index >= 15 is 0 Å². The van der Waals surface area contributed by atoms with Crippen LogP contribution in [0.5, 0.6) is 0 Å². The number of hydrogen-bond acceptors (Lipinski definition) is 7. The molecule has 0 radical (unpaired) electrons. The standard InChI is InChI=1S/C55H32N6S2/c1-4-16-33(17-5-1)52-56-48-39-23-11-13-28-45(39)62-51(48)49(57-52)42-26-14-24-40-47-41(25-15-29-46(47)63-50(40)42)55-59-53(34-18-6-2-7-19-34)58-54(60-55)35-30-31-38-37-22-10-12-27-43(37)61(44(38)32-35)36-20-8-3-9-21-36/h1-32H. The summed E-state index contributed by atoms with van der Waals surface area (Å²) in [5, 5.41) is 5.76. The normalized spacial score (nSPS) is 11.8. The molecule has 8 heteroatoms. The Morgan fingerprint density at radius 2 is 0.921 bits per heavy atom. The summed E-state index contributed by atoms with van der Waals surface area (Å²) in [6, 6.07) is 67.7. The van der Waals surface area contributed by atoms with Crippen LogP contribution in [0.2, 0.25) is 0 Å². The number of rotatable bonds is 6. The first kappa shape index (κ1) is 35.8. The van der Waals surface area contributed by atoms with Crippen molar-refractivity contribution in [1.29, 1.82) is 0 Å². The summed E-state index contributed by atoms with van der Waals surface area (Å²) < 4.78 is 6.92. The van der Waals surface area contributed by atoms with Gasteiger partial charge in [0.1, 0.15) is 0 Å². The molecule has 0 aliphatic carbocycles. The summed E-state index contributed by atoms with van der Waals surface area (Å²) in [7, 11) is 0. The van der Waals surface area contributed by atoms with Crippen molar-refractivity contribution in [3.8, 4) is 62.5 Å². The Hall–Kier alpha value is -7.91. The molecule has 5 heterocycles. The molecule has 8 aromatic carbocycles. The van der Waals surface area contributed by atoms with E-state index in [1.54, 1.807) is 22.7 Å². The smallest absolute Gasteiger partial charge is 0.164 e. The van der Waals surface area contributed by atoms with Crippen LogP contribution in [0, 0.1) is 0 Å². The van der Waals surface area contributed by atoms with Crippen molar-refractivity contribution < 1.29 is 0 Å². The molecule has 0 saturated heterocycles. The van der Waals surface area contributed by atoms with E-state index in [0.717, 1.165) is 86.0 Å². The van der Waals surface area contributed by atoms with Crippen molar-refractivity contribution in [2.45, 2.75) is 0 Å². The van der Waals surface area contributed by atoms with Crippen LogP contribution in [-0.4, -0.2) is 29.5 Å². The predicted octanol–water partition coefficient (Wildman–Crippen LogP) is 14.8. The SMILES string of the molecule is c1ccc(-c2nc(-c3ccc4c5ccccc5n(-c5ccccc5)c4c3)nc(-c3cccc4sc5c(-c6nc(-c7ccccc7)nc7c6sc6ccccc67)cccc5c34)n2)cc1. The molecule has 0 unspecified atom stereocenters. The molecule has 0 fully saturated rings. The van der Waals surface area contributed by atoms with E-state index in [0.29, 0.717) is 23.3 Å². The predicted molar refractivity (Wildman–Crippen MR) is 263 cm³/mol. The largest absolute Gasteiger partial charge is 0.309 e. The minimum atomic E-state index is 0.615. The number of benzene rings is 8. The van der Waals surface area contributed by atoms with Crippen LogP contribution in [0.4, 0.5) is 0 Å². The fraction of sp³-hybridized carbons (Fsp3) is 0. The maximum atomic E-state index is 5.36. The molecule has 294 valence electrons. The van der Waals surface area contributed by atoms with Crippen molar-refractivity contribution in [2.75, 3.05) is 0 Å². The number of fused-ring (bicyclic) bond motifs is 9. The minimum absolute atomic E-state index is 0.615. The fourth-order valence-electron chi connectivity index (χ4n) is 9.02. The molecule has 0 amide bonds. The van der Waals surface area contributed by atoms with E-state index in [1.165, 1.54) is 15.5 Å². The third kappa shape index (κ3) is 5.80. The Bertz CT molecular complexity index is 3910. The topological polar surface area (TPSA) is 69.4 Å². The van der Waals surface area contributed by atoms with Crippen LogP contribution in [0.25, 0.3) is 125 Å². The zero-order chi connectivity index (χ0) is 41.4. The summed E-state index contributed by atoms with van der Waals surface area (Å²) in [6.45, 7) is 0. The molecule has 0 atom stereocenters. The summed E-state index contributed by atoms with van der Waals surface area (Å²) in [4.78, 5) is 26.3. The second-order valence-corrected chi connectivity index (χ2v) is 17.7.